The summed E-state index contributed by atoms with van der Waals surface area (Å²) in [5.41, 5.74) is 21.6. The van der Waals surface area contributed by atoms with Crippen LogP contribution in [0.1, 0.15) is 0 Å². The topological polar surface area (TPSA) is 46.8 Å². The van der Waals surface area contributed by atoms with Crippen molar-refractivity contribution in [1.29, 1.82) is 0 Å². The lowest BCUT2D eigenvalue weighted by Gasteiger charge is -2.20. The van der Waals surface area contributed by atoms with E-state index in [2.05, 4.69) is 316 Å². The maximum atomic E-state index is 9.07. The second kappa shape index (κ2) is 19.2. The molecule has 0 amide bonds. The molecule has 0 aliphatic carbocycles. The van der Waals surface area contributed by atoms with Crippen molar-refractivity contribution in [2.45, 2.75) is 0 Å². The summed E-state index contributed by atoms with van der Waals surface area (Å²) in [4.78, 5) is 8.88. The fourth-order valence-electron chi connectivity index (χ4n) is 15.7. The summed E-state index contributed by atoms with van der Waals surface area (Å²) < 4.78 is 14.5. The van der Waals surface area contributed by atoms with E-state index in [0.29, 0.717) is 5.69 Å². The SMILES string of the molecule is [C-]#[N+]c1cc(-n2c3ccc(-n4c5ccccc5c5ccccc54)cc3c3cc(-n4c5ccccc5c5ccccc54)ccc32)c(-n2c3ccc(-n4c5ccccc5c5ccccc54)cc3c3cc(-n4c5ccccc5c5ccccc54)ccc32)cc1-c1ccncc1. The predicted molar refractivity (Wildman–Crippen MR) is 382 cm³/mol. The van der Waals surface area contributed by atoms with E-state index in [1.54, 1.807) is 0 Å². The van der Waals surface area contributed by atoms with Crippen LogP contribution in [0.3, 0.4) is 0 Å². The van der Waals surface area contributed by atoms with Crippen LogP contribution in [0.5, 0.6) is 0 Å². The van der Waals surface area contributed by atoms with Crippen molar-refractivity contribution in [1.82, 2.24) is 32.4 Å². The van der Waals surface area contributed by atoms with Crippen LogP contribution in [0, 0.1) is 6.57 Å². The number of aromatic nitrogens is 7. The van der Waals surface area contributed by atoms with Crippen molar-refractivity contribution in [3.05, 3.63) is 315 Å². The highest BCUT2D eigenvalue weighted by Crippen LogP contribution is 2.47. The molecule has 8 nitrogen and oxygen atoms in total. The average Bonchev–Trinajstić information content (AvgIpc) is 1.55. The Hall–Kier alpha value is -12.7. The van der Waals surface area contributed by atoms with Gasteiger partial charge < -0.3 is 27.4 Å². The lowest BCUT2D eigenvalue weighted by molar-refractivity contribution is 1.09. The molecule has 20 aromatic rings. The first-order chi connectivity index (χ1) is 45.6. The number of para-hydroxylation sites is 8. The molecule has 0 saturated carbocycles. The standard InChI is InChI=1S/C84H50N8/c1-85-70-51-84(92-81-40-36-55(89-75-30-14-6-22-61(75)62-23-7-15-31-76(62)89)48-68(81)69-49-56(37-41-82(69)92)90-77-32-16-8-24-63(77)64-25-9-17-33-78(64)90)83(50-65(70)52-42-44-86-45-43-52)91-79-38-34-53(87-71-26-10-2-18-57(71)58-19-3-11-27-72(58)87)46-66(79)67-47-54(35-39-80(67)91)88-73-28-12-4-20-59(73)60-21-5-13-29-74(60)88/h2-51H. The Morgan fingerprint density at radius 2 is 0.467 bits per heavy atom. The molecule has 0 radical (unpaired) electrons. The van der Waals surface area contributed by atoms with Gasteiger partial charge in [-0.25, -0.2) is 4.85 Å². The molecule has 0 unspecified atom stereocenters. The molecule has 7 heterocycles. The van der Waals surface area contributed by atoms with Gasteiger partial charge in [0.15, 0.2) is 5.69 Å². The van der Waals surface area contributed by atoms with Crippen molar-refractivity contribution in [3.63, 3.8) is 0 Å². The van der Waals surface area contributed by atoms with Crippen LogP contribution in [0.4, 0.5) is 5.69 Å². The van der Waals surface area contributed by atoms with E-state index in [9.17, 15) is 0 Å². The van der Waals surface area contributed by atoms with Crippen LogP contribution < -0.4 is 0 Å². The molecule has 426 valence electrons. The van der Waals surface area contributed by atoms with Gasteiger partial charge in [0.25, 0.3) is 0 Å². The lowest BCUT2D eigenvalue weighted by atomic mass is 10.0. The van der Waals surface area contributed by atoms with Crippen LogP contribution in [0.2, 0.25) is 0 Å². The Balaban J connectivity index is 0.912. The highest BCUT2D eigenvalue weighted by Gasteiger charge is 2.26. The van der Waals surface area contributed by atoms with Gasteiger partial charge >= 0.3 is 0 Å². The number of hydrogen-bond acceptors (Lipinski definition) is 1. The monoisotopic (exact) mass is 1170 g/mol. The molecule has 13 aromatic carbocycles. The number of benzene rings is 13. The minimum absolute atomic E-state index is 0.539. The Morgan fingerprint density at radius 1 is 0.228 bits per heavy atom. The Bertz CT molecular complexity index is 6040. The Kier molecular flexibility index (Phi) is 10.5. The first kappa shape index (κ1) is 50.3. The van der Waals surface area contributed by atoms with Crippen LogP contribution in [-0.2, 0) is 0 Å². The summed E-state index contributed by atoms with van der Waals surface area (Å²) in [6.45, 7) is 9.07. The first-order valence-electron chi connectivity index (χ1n) is 31.2. The molecular formula is C84H50N8. The summed E-state index contributed by atoms with van der Waals surface area (Å²) in [5.74, 6) is 0. The summed E-state index contributed by atoms with van der Waals surface area (Å²) in [5, 5.41) is 14.1. The van der Waals surface area contributed by atoms with E-state index in [0.717, 1.165) is 133 Å². The van der Waals surface area contributed by atoms with Crippen LogP contribution in [-0.4, -0.2) is 32.4 Å². The number of rotatable bonds is 7. The van der Waals surface area contributed by atoms with Gasteiger partial charge in [-0.1, -0.05) is 146 Å². The van der Waals surface area contributed by atoms with Crippen LogP contribution in [0.15, 0.2) is 304 Å². The van der Waals surface area contributed by atoms with Crippen LogP contribution >= 0.6 is 0 Å². The summed E-state index contributed by atoms with van der Waals surface area (Å²) in [7, 11) is 0. The largest absolute Gasteiger partial charge is 0.309 e. The van der Waals surface area contributed by atoms with E-state index in [1.807, 2.05) is 24.5 Å². The minimum atomic E-state index is 0.539. The third-order valence-corrected chi connectivity index (χ3v) is 19.5. The fourth-order valence-corrected chi connectivity index (χ4v) is 15.7. The fraction of sp³-hybridized carbons (Fsp3) is 0. The molecule has 8 heteroatoms. The molecule has 0 aliphatic rings. The van der Waals surface area contributed by atoms with E-state index in [1.165, 1.54) is 43.1 Å². The second-order valence-corrected chi connectivity index (χ2v) is 24.2. The predicted octanol–water partition coefficient (Wildman–Crippen LogP) is 21.9. The first-order valence-corrected chi connectivity index (χ1v) is 31.2. The third kappa shape index (κ3) is 7.01. The molecule has 0 aliphatic heterocycles. The zero-order valence-corrected chi connectivity index (χ0v) is 49.4. The number of hydrogen-bond donors (Lipinski definition) is 0. The van der Waals surface area contributed by atoms with E-state index < -0.39 is 0 Å². The molecule has 0 saturated heterocycles. The van der Waals surface area contributed by atoms with Crippen molar-refractivity contribution < 1.29 is 0 Å². The van der Waals surface area contributed by atoms with Gasteiger partial charge in [0, 0.05) is 99.8 Å². The van der Waals surface area contributed by atoms with Gasteiger partial charge in [0.2, 0.25) is 0 Å². The summed E-state index contributed by atoms with van der Waals surface area (Å²) >= 11 is 0. The smallest absolute Gasteiger partial charge is 0.197 e. The Labute approximate surface area is 526 Å². The molecule has 20 rings (SSSR count). The third-order valence-electron chi connectivity index (χ3n) is 19.5. The highest BCUT2D eigenvalue weighted by molar-refractivity contribution is 6.17. The van der Waals surface area contributed by atoms with Gasteiger partial charge in [-0.05, 0) is 157 Å². The average molecular weight is 1170 g/mol. The quantitative estimate of drug-likeness (QED) is 0.147. The van der Waals surface area contributed by atoms with E-state index >= 15 is 0 Å². The van der Waals surface area contributed by atoms with Gasteiger partial charge in [-0.15, -0.1) is 0 Å². The molecule has 0 atom stereocenters. The second-order valence-electron chi connectivity index (χ2n) is 24.2. The minimum Gasteiger partial charge on any atom is -0.309 e. The highest BCUT2D eigenvalue weighted by atomic mass is 15.1. The van der Waals surface area contributed by atoms with Crippen molar-refractivity contribution in [3.8, 4) is 45.3 Å². The zero-order valence-electron chi connectivity index (χ0n) is 49.4. The van der Waals surface area contributed by atoms with Crippen LogP contribution in [0.25, 0.3) is 181 Å². The van der Waals surface area contributed by atoms with Crippen molar-refractivity contribution in [2.24, 2.45) is 0 Å². The number of nitrogens with zero attached hydrogens (tertiary/aromatic N) is 8. The van der Waals surface area contributed by atoms with Crippen molar-refractivity contribution >= 4 is 137 Å². The molecule has 0 bridgehead atoms. The summed E-state index contributed by atoms with van der Waals surface area (Å²) in [6, 6.07) is 106. The number of pyridine rings is 1. The van der Waals surface area contributed by atoms with Gasteiger partial charge in [-0.3, -0.25) is 4.98 Å². The molecule has 7 aromatic heterocycles. The maximum Gasteiger partial charge on any atom is 0.197 e. The summed E-state index contributed by atoms with van der Waals surface area (Å²) in [6.07, 6.45) is 3.64. The van der Waals surface area contributed by atoms with E-state index in [4.69, 9.17) is 6.57 Å². The number of fused-ring (bicyclic) bond motifs is 18. The Morgan fingerprint density at radius 3 is 0.728 bits per heavy atom. The molecule has 0 N–H and O–H groups in total. The van der Waals surface area contributed by atoms with Gasteiger partial charge in [-0.2, -0.15) is 0 Å². The maximum absolute atomic E-state index is 9.07. The molecular weight excluding hydrogens is 1120 g/mol. The molecule has 0 spiro atoms. The van der Waals surface area contributed by atoms with Gasteiger partial charge in [0.05, 0.1) is 84.1 Å². The molecule has 0 fully saturated rings. The lowest BCUT2D eigenvalue weighted by Crippen LogP contribution is -2.05. The zero-order chi connectivity index (χ0) is 60.3. The molecule has 92 heavy (non-hydrogen) atoms. The normalized spacial score (nSPS) is 12.1. The van der Waals surface area contributed by atoms with Crippen molar-refractivity contribution in [2.75, 3.05) is 0 Å². The van der Waals surface area contributed by atoms with E-state index in [-0.39, 0.29) is 0 Å². The van der Waals surface area contributed by atoms with Gasteiger partial charge in [0.1, 0.15) is 0 Å².